The molecule has 0 bridgehead atoms. The number of aromatic nitrogens is 2. The van der Waals surface area contributed by atoms with Gasteiger partial charge in [0.05, 0.1) is 6.17 Å². The predicted molar refractivity (Wildman–Crippen MR) is 79.4 cm³/mol. The zero-order chi connectivity index (χ0) is 14.8. The number of aromatic amines is 2. The van der Waals surface area contributed by atoms with Gasteiger partial charge in [-0.05, 0) is 12.0 Å². The minimum absolute atomic E-state index is 0.146. The number of hydrogen-bond donors (Lipinski definition) is 4. The number of ketones is 1. The van der Waals surface area contributed by atoms with Gasteiger partial charge in [0.15, 0.2) is 0 Å². The second-order valence-corrected chi connectivity index (χ2v) is 5.08. The predicted octanol–water partition coefficient (Wildman–Crippen LogP) is 0.688. The molecule has 6 nitrogen and oxygen atoms in total. The fourth-order valence-electron chi connectivity index (χ4n) is 2.59. The quantitative estimate of drug-likeness (QED) is 0.622. The Labute approximate surface area is 122 Å². The standard InChI is InChI=1S/C15H18N4O2/c1-2-11-12(19-15(21)18-11)13(20)9-3-5-10(6-4-9)14-16-7-8-17-14/h3-6,14,16-17H,2,7-8H2,1H3,(H2,18,19,21). The van der Waals surface area contributed by atoms with Gasteiger partial charge in [-0.25, -0.2) is 4.79 Å². The van der Waals surface area contributed by atoms with Gasteiger partial charge in [0.25, 0.3) is 0 Å². The van der Waals surface area contributed by atoms with Crippen LogP contribution in [-0.2, 0) is 6.42 Å². The van der Waals surface area contributed by atoms with Crippen LogP contribution in [0.15, 0.2) is 29.1 Å². The summed E-state index contributed by atoms with van der Waals surface area (Å²) in [6.07, 6.45) is 0.751. The van der Waals surface area contributed by atoms with Crippen molar-refractivity contribution in [2.45, 2.75) is 19.5 Å². The van der Waals surface area contributed by atoms with E-state index in [4.69, 9.17) is 0 Å². The summed E-state index contributed by atoms with van der Waals surface area (Å²) < 4.78 is 0. The average molecular weight is 286 g/mol. The van der Waals surface area contributed by atoms with Gasteiger partial charge >= 0.3 is 5.69 Å². The van der Waals surface area contributed by atoms with Crippen LogP contribution in [-0.4, -0.2) is 28.8 Å². The molecule has 0 saturated carbocycles. The van der Waals surface area contributed by atoms with Crippen molar-refractivity contribution in [1.29, 1.82) is 0 Å². The molecule has 1 aliphatic rings. The Morgan fingerprint density at radius 3 is 2.43 bits per heavy atom. The molecular formula is C15H18N4O2. The second-order valence-electron chi connectivity index (χ2n) is 5.08. The highest BCUT2D eigenvalue weighted by Crippen LogP contribution is 2.16. The Morgan fingerprint density at radius 1 is 1.14 bits per heavy atom. The van der Waals surface area contributed by atoms with E-state index in [1.54, 1.807) is 12.1 Å². The summed E-state index contributed by atoms with van der Waals surface area (Å²) in [6.45, 7) is 3.78. The van der Waals surface area contributed by atoms with Gasteiger partial charge < -0.3 is 9.97 Å². The maximum Gasteiger partial charge on any atom is 0.323 e. The molecule has 2 heterocycles. The molecule has 3 rings (SSSR count). The molecule has 0 atom stereocenters. The number of carbonyl (C=O) groups is 1. The van der Waals surface area contributed by atoms with Crippen LogP contribution in [0.3, 0.4) is 0 Å². The van der Waals surface area contributed by atoms with Crippen LogP contribution in [0.1, 0.15) is 40.4 Å². The Morgan fingerprint density at radius 2 is 1.81 bits per heavy atom. The van der Waals surface area contributed by atoms with Crippen LogP contribution >= 0.6 is 0 Å². The van der Waals surface area contributed by atoms with Crippen molar-refractivity contribution in [2.24, 2.45) is 0 Å². The van der Waals surface area contributed by atoms with Crippen LogP contribution in [0.2, 0.25) is 0 Å². The number of rotatable bonds is 4. The molecule has 4 N–H and O–H groups in total. The van der Waals surface area contributed by atoms with Gasteiger partial charge in [0.1, 0.15) is 5.69 Å². The number of benzene rings is 1. The summed E-state index contributed by atoms with van der Waals surface area (Å²) >= 11 is 0. The fourth-order valence-corrected chi connectivity index (χ4v) is 2.59. The zero-order valence-electron chi connectivity index (χ0n) is 11.8. The molecule has 1 fully saturated rings. The van der Waals surface area contributed by atoms with Crippen molar-refractivity contribution in [3.05, 3.63) is 57.3 Å². The highest BCUT2D eigenvalue weighted by atomic mass is 16.1. The van der Waals surface area contributed by atoms with Crippen molar-refractivity contribution in [3.8, 4) is 0 Å². The van der Waals surface area contributed by atoms with Gasteiger partial charge in [-0.15, -0.1) is 0 Å². The molecule has 1 aromatic heterocycles. The summed E-state index contributed by atoms with van der Waals surface area (Å²) in [5.74, 6) is -0.163. The number of aryl methyl sites for hydroxylation is 1. The van der Waals surface area contributed by atoms with Crippen molar-refractivity contribution < 1.29 is 4.79 Å². The molecule has 1 aromatic carbocycles. The highest BCUT2D eigenvalue weighted by molar-refractivity contribution is 6.08. The van der Waals surface area contributed by atoms with Gasteiger partial charge in [-0.3, -0.25) is 15.4 Å². The highest BCUT2D eigenvalue weighted by Gasteiger charge is 2.18. The number of H-pyrrole nitrogens is 2. The first-order chi connectivity index (χ1) is 10.2. The summed E-state index contributed by atoms with van der Waals surface area (Å²) in [4.78, 5) is 29.0. The first kappa shape index (κ1) is 13.8. The molecule has 1 saturated heterocycles. The van der Waals surface area contributed by atoms with Crippen molar-refractivity contribution in [3.63, 3.8) is 0 Å². The lowest BCUT2D eigenvalue weighted by atomic mass is 10.0. The van der Waals surface area contributed by atoms with E-state index < -0.39 is 0 Å². The van der Waals surface area contributed by atoms with E-state index in [1.165, 1.54) is 0 Å². The third kappa shape index (κ3) is 2.68. The SMILES string of the molecule is CCc1[nH]c(=O)[nH]c1C(=O)c1ccc(C2NCCN2)cc1. The minimum Gasteiger partial charge on any atom is -0.309 e. The number of hydrogen-bond acceptors (Lipinski definition) is 4. The van der Waals surface area contributed by atoms with Crippen LogP contribution in [0.5, 0.6) is 0 Å². The maximum absolute atomic E-state index is 12.5. The van der Waals surface area contributed by atoms with E-state index in [-0.39, 0.29) is 17.6 Å². The van der Waals surface area contributed by atoms with E-state index in [2.05, 4.69) is 20.6 Å². The molecular weight excluding hydrogens is 268 g/mol. The smallest absolute Gasteiger partial charge is 0.309 e. The summed E-state index contributed by atoms with van der Waals surface area (Å²) in [5, 5.41) is 6.65. The molecule has 0 unspecified atom stereocenters. The van der Waals surface area contributed by atoms with Crippen LogP contribution in [0, 0.1) is 0 Å². The molecule has 0 radical (unpaired) electrons. The Hall–Kier alpha value is -2.18. The minimum atomic E-state index is -0.342. The largest absolute Gasteiger partial charge is 0.323 e. The lowest BCUT2D eigenvalue weighted by Gasteiger charge is -2.11. The Balaban J connectivity index is 1.86. The van der Waals surface area contributed by atoms with Crippen molar-refractivity contribution in [1.82, 2.24) is 20.6 Å². The van der Waals surface area contributed by atoms with E-state index in [0.717, 1.165) is 18.7 Å². The van der Waals surface area contributed by atoms with Gasteiger partial charge in [0.2, 0.25) is 5.78 Å². The molecule has 0 aliphatic carbocycles. The summed E-state index contributed by atoms with van der Waals surface area (Å²) in [6, 6.07) is 7.45. The fraction of sp³-hybridized carbons (Fsp3) is 0.333. The number of nitrogens with one attached hydrogen (secondary N) is 4. The van der Waals surface area contributed by atoms with E-state index in [9.17, 15) is 9.59 Å². The van der Waals surface area contributed by atoms with Gasteiger partial charge in [0, 0.05) is 24.3 Å². The first-order valence-electron chi connectivity index (χ1n) is 7.11. The van der Waals surface area contributed by atoms with E-state index in [0.29, 0.717) is 23.4 Å². The van der Waals surface area contributed by atoms with E-state index in [1.807, 2.05) is 19.1 Å². The average Bonchev–Trinajstić information content (AvgIpc) is 3.16. The number of imidazole rings is 1. The molecule has 0 amide bonds. The third-order valence-corrected chi connectivity index (χ3v) is 3.71. The van der Waals surface area contributed by atoms with Gasteiger partial charge in [-0.1, -0.05) is 31.2 Å². The molecule has 2 aromatic rings. The summed E-state index contributed by atoms with van der Waals surface area (Å²) in [7, 11) is 0. The molecule has 1 aliphatic heterocycles. The number of carbonyl (C=O) groups excluding carboxylic acids is 1. The van der Waals surface area contributed by atoms with Crippen molar-refractivity contribution >= 4 is 5.78 Å². The molecule has 6 heteroatoms. The van der Waals surface area contributed by atoms with Crippen LogP contribution in [0.4, 0.5) is 0 Å². The maximum atomic E-state index is 12.5. The molecule has 0 spiro atoms. The third-order valence-electron chi connectivity index (χ3n) is 3.71. The zero-order valence-corrected chi connectivity index (χ0v) is 11.8. The van der Waals surface area contributed by atoms with Crippen LogP contribution in [0.25, 0.3) is 0 Å². The first-order valence-corrected chi connectivity index (χ1v) is 7.11. The second kappa shape index (κ2) is 5.67. The normalized spacial score (nSPS) is 15.5. The lowest BCUT2D eigenvalue weighted by molar-refractivity contribution is 0.103. The lowest BCUT2D eigenvalue weighted by Crippen LogP contribution is -2.21. The van der Waals surface area contributed by atoms with Gasteiger partial charge in [-0.2, -0.15) is 0 Å². The topological polar surface area (TPSA) is 89.8 Å². The summed E-state index contributed by atoms with van der Waals surface area (Å²) in [5.41, 5.74) is 2.33. The Bertz CT molecular complexity index is 693. The Kier molecular flexibility index (Phi) is 3.72. The monoisotopic (exact) mass is 286 g/mol. The van der Waals surface area contributed by atoms with Crippen molar-refractivity contribution in [2.75, 3.05) is 13.1 Å². The molecule has 110 valence electrons. The van der Waals surface area contributed by atoms with Crippen LogP contribution < -0.4 is 16.3 Å². The molecule has 21 heavy (non-hydrogen) atoms. The van der Waals surface area contributed by atoms with E-state index >= 15 is 0 Å².